The number of carbonyl (C=O) groups excluding carboxylic acids is 1. The van der Waals surface area contributed by atoms with Crippen molar-refractivity contribution >= 4 is 17.6 Å². The van der Waals surface area contributed by atoms with Crippen molar-refractivity contribution in [1.82, 2.24) is 15.5 Å². The van der Waals surface area contributed by atoms with E-state index in [1.807, 2.05) is 39.1 Å². The zero-order chi connectivity index (χ0) is 20.4. The van der Waals surface area contributed by atoms with Crippen molar-refractivity contribution in [3.05, 3.63) is 29.8 Å². The molecule has 1 aliphatic rings. The van der Waals surface area contributed by atoms with Gasteiger partial charge in [-0.15, -0.1) is 0 Å². The van der Waals surface area contributed by atoms with Crippen molar-refractivity contribution in [2.45, 2.75) is 59.0 Å². The second-order valence-electron chi connectivity index (χ2n) is 8.03. The van der Waals surface area contributed by atoms with E-state index < -0.39 is 0 Å². The molecule has 0 spiro atoms. The molecule has 2 rings (SSSR count). The van der Waals surface area contributed by atoms with E-state index in [1.54, 1.807) is 0 Å². The van der Waals surface area contributed by atoms with Crippen molar-refractivity contribution in [3.63, 3.8) is 0 Å². The number of carbonyl (C=O) groups is 1. The second-order valence-corrected chi connectivity index (χ2v) is 8.03. The third-order valence-electron chi connectivity index (χ3n) is 4.96. The van der Waals surface area contributed by atoms with Crippen LogP contribution in [0, 0.1) is 5.92 Å². The van der Waals surface area contributed by atoms with Crippen LogP contribution in [0.5, 0.6) is 0 Å². The lowest BCUT2D eigenvalue weighted by atomic mass is 10.1. The summed E-state index contributed by atoms with van der Waals surface area (Å²) in [6.07, 6.45) is 4.06. The summed E-state index contributed by atoms with van der Waals surface area (Å²) in [6, 6.07) is 8.45. The number of guanidine groups is 1. The van der Waals surface area contributed by atoms with E-state index in [-0.39, 0.29) is 5.91 Å². The smallest absolute Gasteiger partial charge is 0.224 e. The maximum absolute atomic E-state index is 12.0. The zero-order valence-corrected chi connectivity index (χ0v) is 17.9. The molecule has 28 heavy (non-hydrogen) atoms. The largest absolute Gasteiger partial charge is 0.354 e. The van der Waals surface area contributed by atoms with Crippen LogP contribution in [0.25, 0.3) is 0 Å². The van der Waals surface area contributed by atoms with Crippen LogP contribution in [0.1, 0.15) is 52.0 Å². The Labute approximate surface area is 170 Å². The third-order valence-corrected chi connectivity index (χ3v) is 4.96. The van der Waals surface area contributed by atoms with E-state index in [9.17, 15) is 4.79 Å². The predicted molar refractivity (Wildman–Crippen MR) is 118 cm³/mol. The van der Waals surface area contributed by atoms with Gasteiger partial charge in [-0.25, -0.2) is 0 Å². The Morgan fingerprint density at radius 2 is 2.04 bits per heavy atom. The molecule has 0 unspecified atom stereocenters. The highest BCUT2D eigenvalue weighted by atomic mass is 16.1. The first-order valence-electron chi connectivity index (χ1n) is 10.6. The minimum atomic E-state index is 0.0620. The third kappa shape index (κ3) is 7.89. The minimum Gasteiger partial charge on any atom is -0.354 e. The molecule has 1 aromatic carbocycles. The molecular weight excluding hydrogens is 350 g/mol. The van der Waals surface area contributed by atoms with E-state index in [4.69, 9.17) is 0 Å². The number of benzene rings is 1. The van der Waals surface area contributed by atoms with Crippen molar-refractivity contribution in [2.75, 3.05) is 32.0 Å². The maximum Gasteiger partial charge on any atom is 0.224 e. The van der Waals surface area contributed by atoms with Gasteiger partial charge in [-0.1, -0.05) is 32.9 Å². The lowest BCUT2D eigenvalue weighted by Crippen LogP contribution is -2.48. The summed E-state index contributed by atoms with van der Waals surface area (Å²) in [6.45, 7) is 10.5. The topological polar surface area (TPSA) is 68.8 Å². The van der Waals surface area contributed by atoms with Gasteiger partial charge in [0.25, 0.3) is 0 Å². The standard InChI is InChI=1S/C22H37N5O/c1-5-11-27-12-9-19(10-13-27)26-22(23-4)24-16-18-7-6-8-20(15-18)25-21(28)14-17(2)3/h6-8,15,17,19H,5,9-14,16H2,1-4H3,(H,25,28)(H2,23,24,26). The van der Waals surface area contributed by atoms with Crippen molar-refractivity contribution in [3.8, 4) is 0 Å². The van der Waals surface area contributed by atoms with Crippen LogP contribution >= 0.6 is 0 Å². The van der Waals surface area contributed by atoms with Crippen LogP contribution in [0.4, 0.5) is 5.69 Å². The van der Waals surface area contributed by atoms with Crippen molar-refractivity contribution in [2.24, 2.45) is 10.9 Å². The Bertz CT molecular complexity index is 636. The number of aliphatic imine (C=N–C) groups is 1. The number of nitrogens with zero attached hydrogens (tertiary/aromatic N) is 2. The van der Waals surface area contributed by atoms with Gasteiger partial charge >= 0.3 is 0 Å². The van der Waals surface area contributed by atoms with Crippen LogP contribution in [0.15, 0.2) is 29.3 Å². The highest BCUT2D eigenvalue weighted by Crippen LogP contribution is 2.13. The number of anilines is 1. The first-order chi connectivity index (χ1) is 13.5. The van der Waals surface area contributed by atoms with Gasteiger partial charge in [0.2, 0.25) is 5.91 Å². The average Bonchev–Trinajstić information content (AvgIpc) is 2.66. The fourth-order valence-electron chi connectivity index (χ4n) is 3.53. The van der Waals surface area contributed by atoms with Gasteiger partial charge in [-0.05, 0) is 49.4 Å². The monoisotopic (exact) mass is 387 g/mol. The molecule has 3 N–H and O–H groups in total. The SMILES string of the molecule is CCCN1CCC(NC(=NC)NCc2cccc(NC(=O)CC(C)C)c2)CC1. The molecule has 1 saturated heterocycles. The van der Waals surface area contributed by atoms with Crippen LogP contribution in [-0.2, 0) is 11.3 Å². The van der Waals surface area contributed by atoms with Gasteiger partial charge in [0, 0.05) is 44.8 Å². The van der Waals surface area contributed by atoms with Gasteiger partial charge in [0.05, 0.1) is 0 Å². The van der Waals surface area contributed by atoms with Crippen LogP contribution < -0.4 is 16.0 Å². The Morgan fingerprint density at radius 3 is 2.68 bits per heavy atom. The van der Waals surface area contributed by atoms with Crippen molar-refractivity contribution < 1.29 is 4.79 Å². The van der Waals surface area contributed by atoms with Gasteiger partial charge in [0.1, 0.15) is 0 Å². The van der Waals surface area contributed by atoms with Crippen LogP contribution in [0.3, 0.4) is 0 Å². The molecule has 1 aliphatic heterocycles. The Kier molecular flexibility index (Phi) is 9.28. The van der Waals surface area contributed by atoms with Gasteiger partial charge < -0.3 is 20.9 Å². The molecule has 0 aromatic heterocycles. The second kappa shape index (κ2) is 11.7. The zero-order valence-electron chi connectivity index (χ0n) is 17.9. The number of rotatable bonds is 8. The van der Waals surface area contributed by atoms with Gasteiger partial charge in [-0.2, -0.15) is 0 Å². The first-order valence-corrected chi connectivity index (χ1v) is 10.6. The normalized spacial score (nSPS) is 16.2. The molecule has 0 radical (unpaired) electrons. The number of amides is 1. The minimum absolute atomic E-state index is 0.0620. The molecule has 0 atom stereocenters. The molecule has 1 fully saturated rings. The van der Waals surface area contributed by atoms with Gasteiger partial charge in [-0.3, -0.25) is 9.79 Å². The average molecular weight is 388 g/mol. The molecule has 1 amide bonds. The summed E-state index contributed by atoms with van der Waals surface area (Å²) >= 11 is 0. The molecule has 6 nitrogen and oxygen atoms in total. The maximum atomic E-state index is 12.0. The Hall–Kier alpha value is -2.08. The quantitative estimate of drug-likeness (QED) is 0.473. The van der Waals surface area contributed by atoms with E-state index in [0.29, 0.717) is 24.9 Å². The molecule has 1 heterocycles. The number of hydrogen-bond donors (Lipinski definition) is 3. The summed E-state index contributed by atoms with van der Waals surface area (Å²) < 4.78 is 0. The Balaban J connectivity index is 1.80. The highest BCUT2D eigenvalue weighted by Gasteiger charge is 2.19. The van der Waals surface area contributed by atoms with Crippen LogP contribution in [0.2, 0.25) is 0 Å². The van der Waals surface area contributed by atoms with Gasteiger partial charge in [0.15, 0.2) is 5.96 Å². The van der Waals surface area contributed by atoms with Crippen molar-refractivity contribution in [1.29, 1.82) is 0 Å². The summed E-state index contributed by atoms with van der Waals surface area (Å²) in [5.41, 5.74) is 1.96. The fraction of sp³-hybridized carbons (Fsp3) is 0.636. The number of piperidine rings is 1. The molecule has 0 bridgehead atoms. The fourth-order valence-corrected chi connectivity index (χ4v) is 3.53. The molecule has 0 aliphatic carbocycles. The number of likely N-dealkylation sites (tertiary alicyclic amines) is 1. The summed E-state index contributed by atoms with van der Waals surface area (Å²) in [4.78, 5) is 18.9. The van der Waals surface area contributed by atoms with Crippen LogP contribution in [-0.4, -0.2) is 49.5 Å². The lowest BCUT2D eigenvalue weighted by molar-refractivity contribution is -0.116. The number of hydrogen-bond acceptors (Lipinski definition) is 3. The summed E-state index contributed by atoms with van der Waals surface area (Å²) in [7, 11) is 1.81. The Morgan fingerprint density at radius 1 is 1.29 bits per heavy atom. The first kappa shape index (κ1) is 22.2. The van der Waals surface area contributed by atoms with E-state index in [2.05, 4.69) is 38.8 Å². The molecule has 0 saturated carbocycles. The number of nitrogens with one attached hydrogen (secondary N) is 3. The summed E-state index contributed by atoms with van der Waals surface area (Å²) in [5, 5.41) is 9.92. The molecule has 1 aromatic rings. The molecule has 156 valence electrons. The molecule has 6 heteroatoms. The summed E-state index contributed by atoms with van der Waals surface area (Å²) in [5.74, 6) is 1.25. The predicted octanol–water partition coefficient (Wildman–Crippen LogP) is 3.21. The highest BCUT2D eigenvalue weighted by molar-refractivity contribution is 5.90. The van der Waals surface area contributed by atoms with E-state index in [1.165, 1.54) is 13.0 Å². The molecular formula is C22H37N5O. The van der Waals surface area contributed by atoms with E-state index >= 15 is 0 Å². The van der Waals surface area contributed by atoms with E-state index in [0.717, 1.165) is 43.1 Å². The lowest BCUT2D eigenvalue weighted by Gasteiger charge is -2.32.